The fraction of sp³-hybridized carbons (Fsp3) is 0.625. The summed E-state index contributed by atoms with van der Waals surface area (Å²) in [5.74, 6) is -0.323. The van der Waals surface area contributed by atoms with Gasteiger partial charge in [-0.25, -0.2) is 8.78 Å². The van der Waals surface area contributed by atoms with Crippen molar-refractivity contribution in [1.29, 1.82) is 0 Å². The Morgan fingerprint density at radius 1 is 1.11 bits per heavy atom. The standard InChI is InChI=1S/C16H23F2N/c17-14-8-7-13(16(18)11-14)10-15(19)9-12-5-3-1-2-4-6-12/h7-8,11-12,15H,1-6,9-10,19H2. The van der Waals surface area contributed by atoms with E-state index in [0.717, 1.165) is 12.5 Å². The second-order valence-corrected chi connectivity index (χ2v) is 5.79. The first kappa shape index (κ1) is 14.4. The summed E-state index contributed by atoms with van der Waals surface area (Å²) in [5, 5.41) is 0. The molecular weight excluding hydrogens is 244 g/mol. The molecule has 1 aliphatic carbocycles. The fourth-order valence-corrected chi connectivity index (χ4v) is 3.08. The third-order valence-corrected chi connectivity index (χ3v) is 4.11. The molecule has 2 rings (SSSR count). The van der Waals surface area contributed by atoms with E-state index < -0.39 is 11.6 Å². The van der Waals surface area contributed by atoms with Crippen LogP contribution in [0.25, 0.3) is 0 Å². The van der Waals surface area contributed by atoms with Crippen molar-refractivity contribution in [3.63, 3.8) is 0 Å². The largest absolute Gasteiger partial charge is 0.327 e. The number of hydrogen-bond donors (Lipinski definition) is 1. The predicted octanol–water partition coefficient (Wildman–Crippen LogP) is 4.20. The van der Waals surface area contributed by atoms with E-state index in [4.69, 9.17) is 5.73 Å². The maximum absolute atomic E-state index is 13.6. The highest BCUT2D eigenvalue weighted by Gasteiger charge is 2.17. The molecule has 0 radical (unpaired) electrons. The lowest BCUT2D eigenvalue weighted by Crippen LogP contribution is -2.26. The average molecular weight is 267 g/mol. The molecular formula is C16H23F2N. The van der Waals surface area contributed by atoms with E-state index in [1.54, 1.807) is 0 Å². The first-order valence-electron chi connectivity index (χ1n) is 7.34. The van der Waals surface area contributed by atoms with E-state index in [1.165, 1.54) is 50.7 Å². The van der Waals surface area contributed by atoms with Crippen molar-refractivity contribution in [1.82, 2.24) is 0 Å². The van der Waals surface area contributed by atoms with E-state index in [-0.39, 0.29) is 6.04 Å². The van der Waals surface area contributed by atoms with Crippen molar-refractivity contribution in [2.24, 2.45) is 11.7 Å². The highest BCUT2D eigenvalue weighted by molar-refractivity contribution is 5.19. The summed E-state index contributed by atoms with van der Waals surface area (Å²) in [6.45, 7) is 0. The van der Waals surface area contributed by atoms with Gasteiger partial charge in [0.1, 0.15) is 11.6 Å². The van der Waals surface area contributed by atoms with Gasteiger partial charge in [-0.05, 0) is 30.4 Å². The van der Waals surface area contributed by atoms with E-state index in [9.17, 15) is 8.78 Å². The number of rotatable bonds is 4. The molecule has 1 aromatic carbocycles. The van der Waals surface area contributed by atoms with Gasteiger partial charge in [-0.15, -0.1) is 0 Å². The third kappa shape index (κ3) is 4.57. The molecule has 0 amide bonds. The lowest BCUT2D eigenvalue weighted by Gasteiger charge is -2.19. The molecule has 1 unspecified atom stereocenters. The van der Waals surface area contributed by atoms with Crippen LogP contribution < -0.4 is 5.73 Å². The van der Waals surface area contributed by atoms with Crippen LogP contribution in [0.1, 0.15) is 50.5 Å². The monoisotopic (exact) mass is 267 g/mol. The molecule has 1 aromatic rings. The van der Waals surface area contributed by atoms with Gasteiger partial charge in [0, 0.05) is 12.1 Å². The van der Waals surface area contributed by atoms with Crippen molar-refractivity contribution in [3.05, 3.63) is 35.4 Å². The summed E-state index contributed by atoms with van der Waals surface area (Å²) in [7, 11) is 0. The minimum atomic E-state index is -0.529. The SMILES string of the molecule is NC(Cc1ccc(F)cc1F)CC1CCCCCC1. The van der Waals surface area contributed by atoms with Crippen molar-refractivity contribution >= 4 is 0 Å². The van der Waals surface area contributed by atoms with Gasteiger partial charge >= 0.3 is 0 Å². The van der Waals surface area contributed by atoms with Crippen LogP contribution in [0.3, 0.4) is 0 Å². The van der Waals surface area contributed by atoms with E-state index in [1.807, 2.05) is 0 Å². The second-order valence-electron chi connectivity index (χ2n) is 5.79. The molecule has 1 aliphatic rings. The number of nitrogens with two attached hydrogens (primary N) is 1. The first-order chi connectivity index (χ1) is 9.15. The maximum atomic E-state index is 13.6. The summed E-state index contributed by atoms with van der Waals surface area (Å²) in [5.41, 5.74) is 6.66. The van der Waals surface area contributed by atoms with Crippen LogP contribution in [0, 0.1) is 17.6 Å². The molecule has 2 N–H and O–H groups in total. The maximum Gasteiger partial charge on any atom is 0.129 e. The van der Waals surface area contributed by atoms with Crippen LogP contribution in [0.15, 0.2) is 18.2 Å². The molecule has 0 bridgehead atoms. The molecule has 1 saturated carbocycles. The van der Waals surface area contributed by atoms with Gasteiger partial charge in [-0.1, -0.05) is 44.6 Å². The summed E-state index contributed by atoms with van der Waals surface area (Å²) in [4.78, 5) is 0. The van der Waals surface area contributed by atoms with E-state index >= 15 is 0 Å². The molecule has 0 aromatic heterocycles. The smallest absolute Gasteiger partial charge is 0.129 e. The van der Waals surface area contributed by atoms with E-state index in [2.05, 4.69) is 0 Å². The number of halogens is 2. The van der Waals surface area contributed by atoms with Crippen LogP contribution in [0.2, 0.25) is 0 Å². The summed E-state index contributed by atoms with van der Waals surface area (Å²) in [6.07, 6.45) is 9.21. The molecule has 106 valence electrons. The van der Waals surface area contributed by atoms with Crippen LogP contribution in [-0.2, 0) is 6.42 Å². The number of hydrogen-bond acceptors (Lipinski definition) is 1. The second kappa shape index (κ2) is 6.99. The predicted molar refractivity (Wildman–Crippen MR) is 73.8 cm³/mol. The zero-order valence-electron chi connectivity index (χ0n) is 11.4. The Labute approximate surface area is 114 Å². The Hall–Kier alpha value is -0.960. The summed E-state index contributed by atoms with van der Waals surface area (Å²) in [6, 6.07) is 3.73. The summed E-state index contributed by atoms with van der Waals surface area (Å²) >= 11 is 0. The van der Waals surface area contributed by atoms with Gasteiger partial charge in [-0.2, -0.15) is 0 Å². The lowest BCUT2D eigenvalue weighted by molar-refractivity contribution is 0.385. The molecule has 1 atom stereocenters. The normalized spacial score (nSPS) is 19.1. The minimum Gasteiger partial charge on any atom is -0.327 e. The molecule has 3 heteroatoms. The highest BCUT2D eigenvalue weighted by Crippen LogP contribution is 2.27. The Morgan fingerprint density at radius 3 is 2.42 bits per heavy atom. The molecule has 0 aliphatic heterocycles. The Kier molecular flexibility index (Phi) is 5.32. The lowest BCUT2D eigenvalue weighted by atomic mass is 9.90. The molecule has 0 saturated heterocycles. The van der Waals surface area contributed by atoms with Crippen molar-refractivity contribution in [3.8, 4) is 0 Å². The van der Waals surface area contributed by atoms with Crippen molar-refractivity contribution in [2.75, 3.05) is 0 Å². The van der Waals surface area contributed by atoms with Gasteiger partial charge in [0.15, 0.2) is 0 Å². The molecule has 19 heavy (non-hydrogen) atoms. The highest BCUT2D eigenvalue weighted by atomic mass is 19.1. The number of benzene rings is 1. The van der Waals surface area contributed by atoms with Gasteiger partial charge in [0.25, 0.3) is 0 Å². The minimum absolute atomic E-state index is 0.0249. The van der Waals surface area contributed by atoms with Gasteiger partial charge in [-0.3, -0.25) is 0 Å². The van der Waals surface area contributed by atoms with Crippen molar-refractivity contribution < 1.29 is 8.78 Å². The van der Waals surface area contributed by atoms with Crippen LogP contribution in [-0.4, -0.2) is 6.04 Å². The van der Waals surface area contributed by atoms with Gasteiger partial charge < -0.3 is 5.73 Å². The zero-order valence-corrected chi connectivity index (χ0v) is 11.4. The third-order valence-electron chi connectivity index (χ3n) is 4.11. The molecule has 1 nitrogen and oxygen atoms in total. The van der Waals surface area contributed by atoms with Crippen LogP contribution in [0.5, 0.6) is 0 Å². The fourth-order valence-electron chi connectivity index (χ4n) is 3.08. The summed E-state index contributed by atoms with van der Waals surface area (Å²) < 4.78 is 26.4. The molecule has 1 fully saturated rings. The molecule has 0 spiro atoms. The Morgan fingerprint density at radius 2 is 1.79 bits per heavy atom. The van der Waals surface area contributed by atoms with Crippen molar-refractivity contribution in [2.45, 2.75) is 57.4 Å². The van der Waals surface area contributed by atoms with Gasteiger partial charge in [0.05, 0.1) is 0 Å². The molecule has 0 heterocycles. The first-order valence-corrected chi connectivity index (χ1v) is 7.34. The average Bonchev–Trinajstić information content (AvgIpc) is 2.61. The topological polar surface area (TPSA) is 26.0 Å². The van der Waals surface area contributed by atoms with Gasteiger partial charge in [0.2, 0.25) is 0 Å². The van der Waals surface area contributed by atoms with Crippen LogP contribution >= 0.6 is 0 Å². The Bertz CT molecular complexity index is 398. The zero-order chi connectivity index (χ0) is 13.7. The van der Waals surface area contributed by atoms with E-state index in [0.29, 0.717) is 17.9 Å². The Balaban J connectivity index is 1.87. The quantitative estimate of drug-likeness (QED) is 0.813. The van der Waals surface area contributed by atoms with Crippen LogP contribution in [0.4, 0.5) is 8.78 Å².